The molecule has 3 atom stereocenters. The van der Waals surface area contributed by atoms with Crippen LogP contribution in [0.2, 0.25) is 0 Å². The van der Waals surface area contributed by atoms with Crippen molar-refractivity contribution in [3.05, 3.63) is 76.4 Å². The molecule has 0 saturated carbocycles. The molecule has 0 amide bonds. The van der Waals surface area contributed by atoms with Crippen molar-refractivity contribution in [2.75, 3.05) is 32.9 Å². The third-order valence-corrected chi connectivity index (χ3v) is 7.62. The minimum absolute atomic E-state index is 0.196. The summed E-state index contributed by atoms with van der Waals surface area (Å²) in [5.74, 6) is -1.46. The van der Waals surface area contributed by atoms with Crippen molar-refractivity contribution in [1.82, 2.24) is 9.80 Å². The molecule has 8 heteroatoms. The zero-order valence-electron chi connectivity index (χ0n) is 21.4. The largest absolute Gasteiger partial charge is 0.401 e. The summed E-state index contributed by atoms with van der Waals surface area (Å²) in [5, 5.41) is 0. The van der Waals surface area contributed by atoms with Crippen molar-refractivity contribution in [2.45, 2.75) is 57.8 Å². The predicted molar refractivity (Wildman–Crippen MR) is 134 cm³/mol. The summed E-state index contributed by atoms with van der Waals surface area (Å²) in [7, 11) is 0. The SMILES string of the molecule is C=C(C)c1ccc2c(c1)C[C@@H](C)N(CC(F)(F)F)C2c1c(F)cc(CC2CCN(CCCF)C2)cc1F. The molecule has 2 aromatic carbocycles. The Kier molecular flexibility index (Phi) is 8.38. The second kappa shape index (κ2) is 11.2. The number of hydrogen-bond acceptors (Lipinski definition) is 2. The van der Waals surface area contributed by atoms with E-state index in [-0.39, 0.29) is 18.2 Å². The molecule has 4 rings (SSSR count). The number of allylic oxidation sites excluding steroid dienone is 1. The number of rotatable bonds is 8. The maximum absolute atomic E-state index is 15.6. The van der Waals surface area contributed by atoms with Crippen molar-refractivity contribution in [2.24, 2.45) is 5.92 Å². The van der Waals surface area contributed by atoms with Crippen molar-refractivity contribution in [3.63, 3.8) is 0 Å². The van der Waals surface area contributed by atoms with Gasteiger partial charge in [0.2, 0.25) is 0 Å². The highest BCUT2D eigenvalue weighted by molar-refractivity contribution is 5.63. The smallest absolute Gasteiger partial charge is 0.303 e. The summed E-state index contributed by atoms with van der Waals surface area (Å²) in [6.45, 7) is 8.02. The molecule has 1 fully saturated rings. The van der Waals surface area contributed by atoms with Gasteiger partial charge in [0.05, 0.1) is 19.3 Å². The lowest BCUT2D eigenvalue weighted by Gasteiger charge is -2.42. The number of likely N-dealkylation sites (tertiary alicyclic amines) is 1. The third kappa shape index (κ3) is 6.40. The van der Waals surface area contributed by atoms with Gasteiger partial charge in [-0.05, 0) is 86.4 Å². The monoisotopic (exact) mass is 524 g/mol. The van der Waals surface area contributed by atoms with E-state index in [4.69, 9.17) is 0 Å². The normalized spacial score (nSPS) is 22.9. The fourth-order valence-electron chi connectivity index (χ4n) is 5.87. The minimum atomic E-state index is -4.52. The summed E-state index contributed by atoms with van der Waals surface area (Å²) in [4.78, 5) is 3.31. The molecular weight excluding hydrogens is 490 g/mol. The van der Waals surface area contributed by atoms with Gasteiger partial charge in [-0.2, -0.15) is 13.2 Å². The van der Waals surface area contributed by atoms with Gasteiger partial charge in [-0.25, -0.2) is 8.78 Å². The molecule has 2 aliphatic heterocycles. The first-order valence-electron chi connectivity index (χ1n) is 12.8. The first-order valence-corrected chi connectivity index (χ1v) is 12.8. The number of hydrogen-bond donors (Lipinski definition) is 0. The molecule has 2 aromatic rings. The topological polar surface area (TPSA) is 6.48 Å². The summed E-state index contributed by atoms with van der Waals surface area (Å²) >= 11 is 0. The molecule has 2 nitrogen and oxygen atoms in total. The van der Waals surface area contributed by atoms with E-state index < -0.39 is 36.4 Å². The Morgan fingerprint density at radius 2 is 1.81 bits per heavy atom. The molecule has 0 bridgehead atoms. The molecular formula is C29H34F6N2. The van der Waals surface area contributed by atoms with Crippen LogP contribution in [0.25, 0.3) is 5.57 Å². The molecule has 37 heavy (non-hydrogen) atoms. The Morgan fingerprint density at radius 3 is 2.43 bits per heavy atom. The Hall–Kier alpha value is -2.32. The zero-order chi connectivity index (χ0) is 26.9. The van der Waals surface area contributed by atoms with Crippen molar-refractivity contribution < 1.29 is 26.3 Å². The average molecular weight is 525 g/mol. The second-order valence-corrected chi connectivity index (χ2v) is 10.6. The lowest BCUT2D eigenvalue weighted by atomic mass is 9.82. The van der Waals surface area contributed by atoms with Crippen molar-refractivity contribution in [1.29, 1.82) is 0 Å². The molecule has 0 N–H and O–H groups in total. The van der Waals surface area contributed by atoms with Gasteiger partial charge in [-0.3, -0.25) is 9.29 Å². The van der Waals surface area contributed by atoms with Crippen molar-refractivity contribution in [3.8, 4) is 0 Å². The highest BCUT2D eigenvalue weighted by Gasteiger charge is 2.42. The van der Waals surface area contributed by atoms with Gasteiger partial charge < -0.3 is 4.90 Å². The molecule has 1 saturated heterocycles. The van der Waals surface area contributed by atoms with E-state index in [1.165, 1.54) is 12.1 Å². The van der Waals surface area contributed by atoms with Crippen LogP contribution >= 0.6 is 0 Å². The van der Waals surface area contributed by atoms with Gasteiger partial charge in [0, 0.05) is 24.7 Å². The number of benzene rings is 2. The molecule has 0 spiro atoms. The van der Waals surface area contributed by atoms with Crippen LogP contribution < -0.4 is 0 Å². The van der Waals surface area contributed by atoms with E-state index in [1.54, 1.807) is 19.1 Å². The van der Waals surface area contributed by atoms with Crippen LogP contribution in [0, 0.1) is 17.6 Å². The Bertz CT molecular complexity index is 1100. The third-order valence-electron chi connectivity index (χ3n) is 7.62. The van der Waals surface area contributed by atoms with Gasteiger partial charge in [-0.1, -0.05) is 30.4 Å². The first kappa shape index (κ1) is 27.7. The van der Waals surface area contributed by atoms with Crippen LogP contribution in [-0.2, 0) is 12.8 Å². The Labute approximate surface area is 215 Å². The highest BCUT2D eigenvalue weighted by Crippen LogP contribution is 2.42. The molecule has 2 heterocycles. The van der Waals surface area contributed by atoms with Gasteiger partial charge in [0.25, 0.3) is 0 Å². The number of nitrogens with zero attached hydrogens (tertiary/aromatic N) is 2. The summed E-state index contributed by atoms with van der Waals surface area (Å²) < 4.78 is 84.5. The van der Waals surface area contributed by atoms with Crippen LogP contribution in [0.1, 0.15) is 60.5 Å². The molecule has 0 aromatic heterocycles. The molecule has 2 unspecified atom stereocenters. The molecule has 0 radical (unpaired) electrons. The fraction of sp³-hybridized carbons (Fsp3) is 0.517. The number of alkyl halides is 4. The van der Waals surface area contributed by atoms with Crippen LogP contribution in [-0.4, -0.2) is 54.9 Å². The highest BCUT2D eigenvalue weighted by atomic mass is 19.4. The Morgan fingerprint density at radius 1 is 1.11 bits per heavy atom. The fourth-order valence-corrected chi connectivity index (χ4v) is 5.87. The van der Waals surface area contributed by atoms with Crippen molar-refractivity contribution >= 4 is 5.57 Å². The number of fused-ring (bicyclic) bond motifs is 1. The van der Waals surface area contributed by atoms with Gasteiger partial charge in [0.1, 0.15) is 11.6 Å². The molecule has 2 aliphatic rings. The van der Waals surface area contributed by atoms with Crippen LogP contribution in [0.4, 0.5) is 26.3 Å². The van der Waals surface area contributed by atoms with Crippen LogP contribution in [0.5, 0.6) is 0 Å². The molecule has 202 valence electrons. The lowest BCUT2D eigenvalue weighted by Crippen LogP contribution is -2.47. The quantitative estimate of drug-likeness (QED) is 0.339. The van der Waals surface area contributed by atoms with E-state index in [0.717, 1.165) is 41.1 Å². The van der Waals surface area contributed by atoms with E-state index in [0.29, 0.717) is 36.9 Å². The van der Waals surface area contributed by atoms with E-state index in [9.17, 15) is 17.6 Å². The Balaban J connectivity index is 1.68. The van der Waals surface area contributed by atoms with E-state index >= 15 is 8.78 Å². The standard InChI is InChI=1S/C29H34F6N2/c1-18(2)22-5-6-24-23(15-22)11-19(3)37(17-29(33,34)35)28(24)27-25(31)13-21(14-26(27)32)12-20-7-10-36(16-20)9-4-8-30/h5-6,13-15,19-20,28H,1,4,7-12,16-17H2,2-3H3/t19-,20?,28?/m1/s1. The second-order valence-electron chi connectivity index (χ2n) is 10.6. The molecule has 0 aliphatic carbocycles. The lowest BCUT2D eigenvalue weighted by molar-refractivity contribution is -0.155. The van der Waals surface area contributed by atoms with Crippen LogP contribution in [0.3, 0.4) is 0 Å². The maximum Gasteiger partial charge on any atom is 0.401 e. The summed E-state index contributed by atoms with van der Waals surface area (Å²) in [6.07, 6.45) is -2.40. The zero-order valence-corrected chi connectivity index (χ0v) is 21.4. The minimum Gasteiger partial charge on any atom is -0.303 e. The van der Waals surface area contributed by atoms with Crippen LogP contribution in [0.15, 0.2) is 36.9 Å². The number of halogens is 6. The van der Waals surface area contributed by atoms with E-state index in [2.05, 4.69) is 11.5 Å². The average Bonchev–Trinajstić information content (AvgIpc) is 3.25. The summed E-state index contributed by atoms with van der Waals surface area (Å²) in [5.41, 5.74) is 3.06. The van der Waals surface area contributed by atoms with E-state index in [1.807, 2.05) is 13.0 Å². The van der Waals surface area contributed by atoms with Gasteiger partial charge >= 0.3 is 6.18 Å². The van der Waals surface area contributed by atoms with Gasteiger partial charge in [-0.15, -0.1) is 0 Å². The first-order chi connectivity index (χ1) is 17.5. The maximum atomic E-state index is 15.6. The van der Waals surface area contributed by atoms with Gasteiger partial charge in [0.15, 0.2) is 0 Å². The predicted octanol–water partition coefficient (Wildman–Crippen LogP) is 7.12. The summed E-state index contributed by atoms with van der Waals surface area (Å²) in [6, 6.07) is 6.06.